The molecule has 0 aliphatic carbocycles. The van der Waals surface area contributed by atoms with Gasteiger partial charge >= 0.3 is 0 Å². The summed E-state index contributed by atoms with van der Waals surface area (Å²) in [4.78, 5) is 38.6. The average Bonchev–Trinajstić information content (AvgIpc) is 2.61. The van der Waals surface area contributed by atoms with E-state index in [0.29, 0.717) is 17.3 Å². The monoisotopic (exact) mass is 337 g/mol. The molecular formula is C19H19N3O3. The molecule has 3 aromatic rings. The highest BCUT2D eigenvalue weighted by atomic mass is 16.2. The maximum absolute atomic E-state index is 12.5. The van der Waals surface area contributed by atoms with Crippen molar-refractivity contribution in [2.45, 2.75) is 20.0 Å². The van der Waals surface area contributed by atoms with E-state index in [4.69, 9.17) is 0 Å². The first-order valence-corrected chi connectivity index (χ1v) is 7.97. The summed E-state index contributed by atoms with van der Waals surface area (Å²) in [7, 11) is 1.68. The number of likely N-dealkylation sites (N-methyl/N-ethyl adjacent to an activating group) is 1. The molecule has 0 saturated heterocycles. The summed E-state index contributed by atoms with van der Waals surface area (Å²) in [5, 5.41) is 3.11. The minimum atomic E-state index is -0.385. The van der Waals surface area contributed by atoms with Gasteiger partial charge in [-0.15, -0.1) is 0 Å². The summed E-state index contributed by atoms with van der Waals surface area (Å²) in [5.74, 6) is -0.253. The lowest BCUT2D eigenvalue weighted by atomic mass is 10.1. The van der Waals surface area contributed by atoms with Crippen LogP contribution in [0.3, 0.4) is 0 Å². The van der Waals surface area contributed by atoms with Crippen molar-refractivity contribution in [3.05, 3.63) is 80.4 Å². The van der Waals surface area contributed by atoms with Crippen LogP contribution in [0.5, 0.6) is 0 Å². The van der Waals surface area contributed by atoms with Crippen LogP contribution in [0.15, 0.2) is 58.1 Å². The summed E-state index contributed by atoms with van der Waals surface area (Å²) >= 11 is 0. The number of amides is 1. The van der Waals surface area contributed by atoms with Gasteiger partial charge in [-0.3, -0.25) is 19.5 Å². The summed E-state index contributed by atoms with van der Waals surface area (Å²) in [5.41, 5.74) is 1.37. The smallest absolute Gasteiger partial charge is 0.273 e. The molecule has 1 N–H and O–H groups in total. The fourth-order valence-electron chi connectivity index (χ4n) is 2.75. The Morgan fingerprint density at radius 1 is 1.04 bits per heavy atom. The second-order valence-electron chi connectivity index (χ2n) is 6.05. The van der Waals surface area contributed by atoms with Gasteiger partial charge in [-0.25, -0.2) is 4.68 Å². The van der Waals surface area contributed by atoms with Gasteiger partial charge in [0.05, 0.1) is 10.8 Å². The SMILES string of the molecule is Cc1ccccc1CN(C)C(=O)Cn1[nH]c(=O)c2ccccc2c1=O. The Balaban J connectivity index is 1.85. The largest absolute Gasteiger partial charge is 0.340 e. The van der Waals surface area contributed by atoms with Crippen LogP contribution in [0.2, 0.25) is 0 Å². The van der Waals surface area contributed by atoms with Crippen molar-refractivity contribution in [3.8, 4) is 0 Å². The van der Waals surface area contributed by atoms with Crippen LogP contribution in [0.1, 0.15) is 11.1 Å². The van der Waals surface area contributed by atoms with Gasteiger partial charge in [-0.05, 0) is 30.2 Å². The minimum absolute atomic E-state index is 0.207. The first kappa shape index (κ1) is 16.7. The number of rotatable bonds is 4. The van der Waals surface area contributed by atoms with E-state index in [1.54, 1.807) is 36.2 Å². The number of benzene rings is 2. The highest BCUT2D eigenvalue weighted by Gasteiger charge is 2.14. The van der Waals surface area contributed by atoms with E-state index in [-0.39, 0.29) is 23.6 Å². The van der Waals surface area contributed by atoms with Crippen molar-refractivity contribution in [1.29, 1.82) is 0 Å². The number of carbonyl (C=O) groups excluding carboxylic acids is 1. The van der Waals surface area contributed by atoms with Crippen LogP contribution < -0.4 is 11.1 Å². The second kappa shape index (κ2) is 6.76. The predicted octanol–water partition coefficient (Wildman–Crippen LogP) is 1.66. The van der Waals surface area contributed by atoms with Gasteiger partial charge in [0.1, 0.15) is 6.54 Å². The molecule has 1 amide bonds. The molecule has 0 atom stereocenters. The minimum Gasteiger partial charge on any atom is -0.340 e. The Bertz CT molecular complexity index is 1050. The number of fused-ring (bicyclic) bond motifs is 1. The quantitative estimate of drug-likeness (QED) is 0.787. The van der Waals surface area contributed by atoms with Crippen LogP contribution in [-0.4, -0.2) is 27.6 Å². The molecule has 1 aromatic heterocycles. The first-order chi connectivity index (χ1) is 12.0. The van der Waals surface area contributed by atoms with Crippen molar-refractivity contribution < 1.29 is 4.79 Å². The lowest BCUT2D eigenvalue weighted by Gasteiger charge is -2.19. The Morgan fingerprint density at radius 3 is 2.40 bits per heavy atom. The van der Waals surface area contributed by atoms with Crippen LogP contribution in [0.4, 0.5) is 0 Å². The lowest BCUT2D eigenvalue weighted by molar-refractivity contribution is -0.131. The normalized spacial score (nSPS) is 10.8. The van der Waals surface area contributed by atoms with E-state index in [1.165, 1.54) is 0 Å². The van der Waals surface area contributed by atoms with Gasteiger partial charge in [0, 0.05) is 13.6 Å². The third kappa shape index (κ3) is 3.38. The molecule has 25 heavy (non-hydrogen) atoms. The molecule has 0 saturated carbocycles. The molecule has 0 aliphatic heterocycles. The van der Waals surface area contributed by atoms with Crippen molar-refractivity contribution in [2.24, 2.45) is 0 Å². The fourth-order valence-corrected chi connectivity index (χ4v) is 2.75. The number of nitrogens with one attached hydrogen (secondary N) is 1. The Kier molecular flexibility index (Phi) is 4.52. The van der Waals surface area contributed by atoms with Gasteiger partial charge in [0.25, 0.3) is 11.1 Å². The zero-order valence-electron chi connectivity index (χ0n) is 14.2. The first-order valence-electron chi connectivity index (χ1n) is 7.97. The molecular weight excluding hydrogens is 318 g/mol. The highest BCUT2D eigenvalue weighted by molar-refractivity contribution is 5.81. The third-order valence-electron chi connectivity index (χ3n) is 4.27. The van der Waals surface area contributed by atoms with Crippen LogP contribution >= 0.6 is 0 Å². The van der Waals surface area contributed by atoms with Gasteiger partial charge in [0.2, 0.25) is 5.91 Å². The Labute approximate surface area is 144 Å². The number of aromatic amines is 1. The summed E-state index contributed by atoms with van der Waals surface area (Å²) in [6.07, 6.45) is 0. The summed E-state index contributed by atoms with van der Waals surface area (Å²) < 4.78 is 1.07. The van der Waals surface area contributed by atoms with E-state index < -0.39 is 0 Å². The molecule has 2 aromatic carbocycles. The number of H-pyrrole nitrogens is 1. The fraction of sp³-hybridized carbons (Fsp3) is 0.211. The molecule has 0 bridgehead atoms. The molecule has 6 heteroatoms. The second-order valence-corrected chi connectivity index (χ2v) is 6.05. The van der Waals surface area contributed by atoms with E-state index >= 15 is 0 Å². The maximum atomic E-state index is 12.5. The van der Waals surface area contributed by atoms with Crippen molar-refractivity contribution in [3.63, 3.8) is 0 Å². The van der Waals surface area contributed by atoms with E-state index in [9.17, 15) is 14.4 Å². The standard InChI is InChI=1S/C19H19N3O3/c1-13-7-3-4-8-14(13)11-21(2)17(23)12-22-19(25)16-10-6-5-9-15(16)18(24)20-22/h3-10H,11-12H2,1-2H3,(H,20,24). The molecule has 128 valence electrons. The molecule has 0 fully saturated rings. The Morgan fingerprint density at radius 2 is 1.68 bits per heavy atom. The zero-order chi connectivity index (χ0) is 18.0. The third-order valence-corrected chi connectivity index (χ3v) is 4.27. The van der Waals surface area contributed by atoms with Crippen LogP contribution in [-0.2, 0) is 17.9 Å². The van der Waals surface area contributed by atoms with E-state index in [2.05, 4.69) is 5.10 Å². The van der Waals surface area contributed by atoms with Crippen molar-refractivity contribution in [2.75, 3.05) is 7.05 Å². The summed E-state index contributed by atoms with van der Waals surface area (Å²) in [6.45, 7) is 2.22. The van der Waals surface area contributed by atoms with E-state index in [0.717, 1.165) is 15.8 Å². The topological polar surface area (TPSA) is 75.2 Å². The van der Waals surface area contributed by atoms with Gasteiger partial charge in [-0.1, -0.05) is 36.4 Å². The summed E-state index contributed by atoms with van der Waals surface area (Å²) in [6, 6.07) is 14.4. The number of hydrogen-bond donors (Lipinski definition) is 1. The van der Waals surface area contributed by atoms with Crippen molar-refractivity contribution in [1.82, 2.24) is 14.7 Å². The van der Waals surface area contributed by atoms with Crippen molar-refractivity contribution >= 4 is 16.7 Å². The highest BCUT2D eigenvalue weighted by Crippen LogP contribution is 2.10. The number of nitrogens with zero attached hydrogens (tertiary/aromatic N) is 2. The van der Waals surface area contributed by atoms with Gasteiger partial charge < -0.3 is 4.90 Å². The van der Waals surface area contributed by atoms with Crippen LogP contribution in [0.25, 0.3) is 10.8 Å². The number of carbonyl (C=O) groups is 1. The molecule has 6 nitrogen and oxygen atoms in total. The molecule has 0 spiro atoms. The van der Waals surface area contributed by atoms with Crippen LogP contribution in [0, 0.1) is 6.92 Å². The molecule has 0 aliphatic rings. The number of aryl methyl sites for hydroxylation is 1. The molecule has 0 unspecified atom stereocenters. The molecule has 3 rings (SSSR count). The van der Waals surface area contributed by atoms with Gasteiger partial charge in [-0.2, -0.15) is 0 Å². The lowest BCUT2D eigenvalue weighted by Crippen LogP contribution is -2.37. The number of aromatic nitrogens is 2. The maximum Gasteiger partial charge on any atom is 0.273 e. The Hall–Kier alpha value is -3.15. The average molecular weight is 337 g/mol. The molecule has 1 heterocycles. The predicted molar refractivity (Wildman–Crippen MR) is 96.5 cm³/mol. The van der Waals surface area contributed by atoms with E-state index in [1.807, 2.05) is 31.2 Å². The molecule has 0 radical (unpaired) electrons. The number of hydrogen-bond acceptors (Lipinski definition) is 3. The van der Waals surface area contributed by atoms with Gasteiger partial charge in [0.15, 0.2) is 0 Å². The zero-order valence-corrected chi connectivity index (χ0v) is 14.2.